The third-order valence-electron chi connectivity index (χ3n) is 3.76. The Hall–Kier alpha value is -1.30. The summed E-state index contributed by atoms with van der Waals surface area (Å²) in [5, 5.41) is 3.35. The number of hydrogen-bond acceptors (Lipinski definition) is 3. The highest BCUT2D eigenvalue weighted by Crippen LogP contribution is 2.32. The number of rotatable bonds is 0. The molecule has 0 radical (unpaired) electrons. The van der Waals surface area contributed by atoms with Crippen molar-refractivity contribution in [3.63, 3.8) is 0 Å². The highest BCUT2D eigenvalue weighted by atomic mass is 16.2. The standard InChI is InChI=1S/C12H22N4O2/c1-14(2)11(18)16-5-4-13-7-12(9-16)6-10(17)15(3)8-12/h13H,4-9H2,1-3H3. The Labute approximate surface area is 108 Å². The minimum Gasteiger partial charge on any atom is -0.345 e. The van der Waals surface area contributed by atoms with Gasteiger partial charge in [-0.3, -0.25) is 4.79 Å². The van der Waals surface area contributed by atoms with Crippen molar-refractivity contribution in [2.75, 3.05) is 53.9 Å². The smallest absolute Gasteiger partial charge is 0.319 e. The topological polar surface area (TPSA) is 55.9 Å². The van der Waals surface area contributed by atoms with Crippen molar-refractivity contribution in [2.45, 2.75) is 6.42 Å². The number of carbonyl (C=O) groups is 2. The molecule has 2 fully saturated rings. The van der Waals surface area contributed by atoms with Gasteiger partial charge in [-0.25, -0.2) is 4.79 Å². The number of hydrogen-bond donors (Lipinski definition) is 1. The molecule has 2 heterocycles. The van der Waals surface area contributed by atoms with Crippen LogP contribution in [0.15, 0.2) is 0 Å². The van der Waals surface area contributed by atoms with Crippen molar-refractivity contribution < 1.29 is 9.59 Å². The summed E-state index contributed by atoms with van der Waals surface area (Å²) in [7, 11) is 5.36. The van der Waals surface area contributed by atoms with Gasteiger partial charge in [-0.15, -0.1) is 0 Å². The van der Waals surface area contributed by atoms with E-state index in [1.807, 2.05) is 11.9 Å². The molecule has 1 spiro atoms. The van der Waals surface area contributed by atoms with Crippen LogP contribution in [0.5, 0.6) is 0 Å². The fraction of sp³-hybridized carbons (Fsp3) is 0.833. The Morgan fingerprint density at radius 3 is 2.67 bits per heavy atom. The molecule has 0 bridgehead atoms. The molecule has 102 valence electrons. The Morgan fingerprint density at radius 1 is 1.39 bits per heavy atom. The maximum atomic E-state index is 12.1. The lowest BCUT2D eigenvalue weighted by atomic mass is 9.86. The molecule has 3 amide bonds. The van der Waals surface area contributed by atoms with Crippen molar-refractivity contribution in [2.24, 2.45) is 5.41 Å². The zero-order chi connectivity index (χ0) is 13.3. The summed E-state index contributed by atoms with van der Waals surface area (Å²) >= 11 is 0. The van der Waals surface area contributed by atoms with E-state index in [1.54, 1.807) is 23.9 Å². The second kappa shape index (κ2) is 4.76. The van der Waals surface area contributed by atoms with E-state index in [1.165, 1.54) is 0 Å². The lowest BCUT2D eigenvalue weighted by Crippen LogP contribution is -2.46. The fourth-order valence-electron chi connectivity index (χ4n) is 2.88. The summed E-state index contributed by atoms with van der Waals surface area (Å²) in [6, 6.07) is 0.0278. The van der Waals surface area contributed by atoms with Crippen molar-refractivity contribution in [1.29, 1.82) is 0 Å². The summed E-state index contributed by atoms with van der Waals surface area (Å²) in [6.07, 6.45) is 0.535. The predicted molar refractivity (Wildman–Crippen MR) is 68.2 cm³/mol. The van der Waals surface area contributed by atoms with Crippen molar-refractivity contribution in [3.05, 3.63) is 0 Å². The molecule has 6 heteroatoms. The molecule has 2 rings (SSSR count). The fourth-order valence-corrected chi connectivity index (χ4v) is 2.88. The van der Waals surface area contributed by atoms with Crippen LogP contribution in [0.2, 0.25) is 0 Å². The zero-order valence-corrected chi connectivity index (χ0v) is 11.4. The number of amides is 3. The van der Waals surface area contributed by atoms with E-state index in [-0.39, 0.29) is 17.4 Å². The van der Waals surface area contributed by atoms with Crippen LogP contribution in [0, 0.1) is 5.41 Å². The molecule has 2 saturated heterocycles. The predicted octanol–water partition coefficient (Wildman–Crippen LogP) is -0.578. The molecule has 0 aromatic carbocycles. The molecule has 0 aromatic rings. The Morgan fingerprint density at radius 2 is 2.11 bits per heavy atom. The van der Waals surface area contributed by atoms with Gasteiger partial charge in [0.2, 0.25) is 5.91 Å². The number of nitrogens with zero attached hydrogens (tertiary/aromatic N) is 3. The van der Waals surface area contributed by atoms with E-state index in [0.717, 1.165) is 19.6 Å². The van der Waals surface area contributed by atoms with Gasteiger partial charge in [0.15, 0.2) is 0 Å². The van der Waals surface area contributed by atoms with Crippen LogP contribution in [0.25, 0.3) is 0 Å². The molecule has 18 heavy (non-hydrogen) atoms. The van der Waals surface area contributed by atoms with E-state index in [0.29, 0.717) is 19.5 Å². The summed E-state index contributed by atoms with van der Waals surface area (Å²) in [5.41, 5.74) is -0.117. The molecule has 6 nitrogen and oxygen atoms in total. The molecule has 2 aliphatic rings. The highest BCUT2D eigenvalue weighted by molar-refractivity contribution is 5.80. The van der Waals surface area contributed by atoms with Crippen LogP contribution in [0.1, 0.15) is 6.42 Å². The van der Waals surface area contributed by atoms with Gasteiger partial charge < -0.3 is 20.0 Å². The third kappa shape index (κ3) is 2.43. The first-order chi connectivity index (χ1) is 8.43. The molecule has 1 unspecified atom stereocenters. The van der Waals surface area contributed by atoms with E-state index in [2.05, 4.69) is 5.32 Å². The van der Waals surface area contributed by atoms with E-state index < -0.39 is 0 Å². The first-order valence-electron chi connectivity index (χ1n) is 6.34. The SMILES string of the molecule is CN(C)C(=O)N1CCNCC2(CC(=O)N(C)C2)C1. The average Bonchev–Trinajstić information content (AvgIpc) is 2.49. The Balaban J connectivity index is 2.13. The summed E-state index contributed by atoms with van der Waals surface area (Å²) in [6.45, 7) is 3.69. The number of nitrogens with one attached hydrogen (secondary N) is 1. The van der Waals surface area contributed by atoms with E-state index >= 15 is 0 Å². The number of urea groups is 1. The minimum atomic E-state index is -0.117. The lowest BCUT2D eigenvalue weighted by Gasteiger charge is -2.32. The van der Waals surface area contributed by atoms with Crippen LogP contribution in [-0.4, -0.2) is 80.5 Å². The van der Waals surface area contributed by atoms with Gasteiger partial charge in [-0.05, 0) is 0 Å². The molecule has 1 atom stereocenters. The largest absolute Gasteiger partial charge is 0.345 e. The first-order valence-corrected chi connectivity index (χ1v) is 6.34. The quantitative estimate of drug-likeness (QED) is 0.629. The molecule has 0 saturated carbocycles. The maximum absolute atomic E-state index is 12.1. The summed E-state index contributed by atoms with van der Waals surface area (Å²) in [5.74, 6) is 0.177. The number of likely N-dealkylation sites (tertiary alicyclic amines) is 1. The number of carbonyl (C=O) groups excluding carboxylic acids is 2. The first kappa shape index (κ1) is 13.1. The Bertz CT molecular complexity index is 358. The third-order valence-corrected chi connectivity index (χ3v) is 3.76. The second-order valence-electron chi connectivity index (χ2n) is 5.70. The van der Waals surface area contributed by atoms with Gasteiger partial charge >= 0.3 is 6.03 Å². The van der Waals surface area contributed by atoms with Crippen LogP contribution in [0.3, 0.4) is 0 Å². The van der Waals surface area contributed by atoms with Crippen molar-refractivity contribution in [3.8, 4) is 0 Å². The maximum Gasteiger partial charge on any atom is 0.319 e. The van der Waals surface area contributed by atoms with E-state index in [9.17, 15) is 9.59 Å². The second-order valence-corrected chi connectivity index (χ2v) is 5.70. The summed E-state index contributed by atoms with van der Waals surface area (Å²) < 4.78 is 0. The minimum absolute atomic E-state index is 0.0278. The van der Waals surface area contributed by atoms with Crippen LogP contribution in [0.4, 0.5) is 4.79 Å². The van der Waals surface area contributed by atoms with E-state index in [4.69, 9.17) is 0 Å². The molecule has 2 aliphatic heterocycles. The summed E-state index contributed by atoms with van der Waals surface area (Å²) in [4.78, 5) is 29.1. The molecule has 0 aliphatic carbocycles. The van der Waals surface area contributed by atoms with Crippen molar-refractivity contribution in [1.82, 2.24) is 20.0 Å². The zero-order valence-electron chi connectivity index (χ0n) is 11.4. The Kier molecular flexibility index (Phi) is 3.47. The monoisotopic (exact) mass is 254 g/mol. The highest BCUT2D eigenvalue weighted by Gasteiger charge is 2.44. The molecule has 1 N–H and O–H groups in total. The van der Waals surface area contributed by atoms with Gasteiger partial charge in [-0.1, -0.05) is 0 Å². The normalized spacial score (nSPS) is 28.7. The molecular formula is C12H22N4O2. The average molecular weight is 254 g/mol. The lowest BCUT2D eigenvalue weighted by molar-refractivity contribution is -0.126. The van der Waals surface area contributed by atoms with Gasteiger partial charge in [0.25, 0.3) is 0 Å². The van der Waals surface area contributed by atoms with Gasteiger partial charge in [0, 0.05) is 65.7 Å². The van der Waals surface area contributed by atoms with Crippen LogP contribution < -0.4 is 5.32 Å². The van der Waals surface area contributed by atoms with Gasteiger partial charge in [-0.2, -0.15) is 0 Å². The molecule has 0 aromatic heterocycles. The van der Waals surface area contributed by atoms with Gasteiger partial charge in [0.1, 0.15) is 0 Å². The molecular weight excluding hydrogens is 232 g/mol. The van der Waals surface area contributed by atoms with Crippen LogP contribution in [-0.2, 0) is 4.79 Å². The van der Waals surface area contributed by atoms with Crippen molar-refractivity contribution >= 4 is 11.9 Å². The van der Waals surface area contributed by atoms with Crippen LogP contribution >= 0.6 is 0 Å². The van der Waals surface area contributed by atoms with Gasteiger partial charge in [0.05, 0.1) is 0 Å².